The van der Waals surface area contributed by atoms with Crippen molar-refractivity contribution in [3.63, 3.8) is 0 Å². The Labute approximate surface area is 92.1 Å². The largest absolute Gasteiger partial charge is 0.110 e. The highest BCUT2D eigenvalue weighted by Crippen LogP contribution is 2.22. The van der Waals surface area contributed by atoms with Gasteiger partial charge in [0.15, 0.2) is 0 Å². The molecule has 0 N–H and O–H groups in total. The van der Waals surface area contributed by atoms with E-state index in [1.54, 1.807) is 0 Å². The zero-order valence-corrected chi connectivity index (χ0v) is 10.8. The van der Waals surface area contributed by atoms with Crippen LogP contribution in [-0.4, -0.2) is 7.28 Å². The molecule has 14 heavy (non-hydrogen) atoms. The molecule has 0 saturated carbocycles. The van der Waals surface area contributed by atoms with Gasteiger partial charge in [-0.1, -0.05) is 72.4 Å². The molecule has 0 aromatic heterocycles. The van der Waals surface area contributed by atoms with E-state index in [9.17, 15) is 0 Å². The van der Waals surface area contributed by atoms with Crippen LogP contribution >= 0.6 is 0 Å². The quantitative estimate of drug-likeness (QED) is 0.494. The fourth-order valence-electron chi connectivity index (χ4n) is 1.86. The Morgan fingerprint density at radius 2 is 1.64 bits per heavy atom. The molecule has 0 aromatic rings. The van der Waals surface area contributed by atoms with Crippen molar-refractivity contribution in [3.8, 4) is 0 Å². The molecule has 0 heterocycles. The lowest BCUT2D eigenvalue weighted by atomic mass is 9.61. The first-order chi connectivity index (χ1) is 6.61. The highest BCUT2D eigenvalue weighted by atomic mass is 14.1. The molecule has 0 aromatic carbocycles. The van der Waals surface area contributed by atoms with Crippen LogP contribution in [0.4, 0.5) is 0 Å². The van der Waals surface area contributed by atoms with E-state index >= 15 is 0 Å². The number of rotatable bonds is 8. The van der Waals surface area contributed by atoms with Crippen LogP contribution < -0.4 is 0 Å². The lowest BCUT2D eigenvalue weighted by molar-refractivity contribution is 0.387. The van der Waals surface area contributed by atoms with Gasteiger partial charge >= 0.3 is 0 Å². The van der Waals surface area contributed by atoms with Gasteiger partial charge in [-0.05, 0) is 11.8 Å². The molecule has 0 spiro atoms. The molecule has 0 nitrogen and oxygen atoms in total. The SMILES string of the molecule is CCCC(C[B]CC(C)CC)C(C)C. The van der Waals surface area contributed by atoms with Crippen molar-refractivity contribution >= 4 is 7.28 Å². The predicted molar refractivity (Wildman–Crippen MR) is 68.1 cm³/mol. The zero-order valence-electron chi connectivity index (χ0n) is 10.8. The summed E-state index contributed by atoms with van der Waals surface area (Å²) in [5.41, 5.74) is 0. The Kier molecular flexibility index (Phi) is 8.42. The van der Waals surface area contributed by atoms with Crippen molar-refractivity contribution in [2.75, 3.05) is 0 Å². The molecule has 0 aliphatic heterocycles. The minimum Gasteiger partial charge on any atom is -0.0778 e. The van der Waals surface area contributed by atoms with Crippen LogP contribution in [0, 0.1) is 17.8 Å². The molecule has 1 radical (unpaired) electrons. The van der Waals surface area contributed by atoms with E-state index < -0.39 is 0 Å². The van der Waals surface area contributed by atoms with Gasteiger partial charge in [0.1, 0.15) is 7.28 Å². The van der Waals surface area contributed by atoms with E-state index in [0.29, 0.717) is 0 Å². The van der Waals surface area contributed by atoms with Gasteiger partial charge < -0.3 is 0 Å². The topological polar surface area (TPSA) is 0 Å². The summed E-state index contributed by atoms with van der Waals surface area (Å²) in [4.78, 5) is 0. The van der Waals surface area contributed by atoms with Gasteiger partial charge in [0, 0.05) is 0 Å². The first kappa shape index (κ1) is 14.1. The van der Waals surface area contributed by atoms with Crippen LogP contribution in [0.2, 0.25) is 12.6 Å². The Morgan fingerprint density at radius 3 is 2.07 bits per heavy atom. The first-order valence-corrected chi connectivity index (χ1v) is 6.43. The Bertz CT molecular complexity index is 120. The molecule has 0 rings (SSSR count). The van der Waals surface area contributed by atoms with Crippen molar-refractivity contribution in [2.24, 2.45) is 17.8 Å². The summed E-state index contributed by atoms with van der Waals surface area (Å²) >= 11 is 0. The number of hydrogen-bond donors (Lipinski definition) is 0. The minimum absolute atomic E-state index is 0.850. The lowest BCUT2D eigenvalue weighted by Gasteiger charge is -2.20. The second kappa shape index (κ2) is 8.38. The first-order valence-electron chi connectivity index (χ1n) is 6.43. The second-order valence-electron chi connectivity index (χ2n) is 5.07. The van der Waals surface area contributed by atoms with Crippen LogP contribution in [0.3, 0.4) is 0 Å². The third kappa shape index (κ3) is 6.51. The Balaban J connectivity index is 3.60. The van der Waals surface area contributed by atoms with Gasteiger partial charge in [-0.3, -0.25) is 0 Å². The molecular weight excluding hydrogens is 167 g/mol. The molecule has 1 heteroatoms. The summed E-state index contributed by atoms with van der Waals surface area (Å²) in [6.45, 7) is 11.6. The minimum atomic E-state index is 0.850. The van der Waals surface area contributed by atoms with Crippen molar-refractivity contribution < 1.29 is 0 Å². The Morgan fingerprint density at radius 1 is 1.00 bits per heavy atom. The van der Waals surface area contributed by atoms with E-state index in [1.165, 1.54) is 31.9 Å². The zero-order chi connectivity index (χ0) is 11.0. The van der Waals surface area contributed by atoms with Crippen molar-refractivity contribution in [3.05, 3.63) is 0 Å². The highest BCUT2D eigenvalue weighted by molar-refractivity contribution is 6.35. The van der Waals surface area contributed by atoms with Gasteiger partial charge in [0.2, 0.25) is 0 Å². The third-order valence-corrected chi connectivity index (χ3v) is 3.34. The molecule has 0 aliphatic rings. The van der Waals surface area contributed by atoms with Crippen molar-refractivity contribution in [1.29, 1.82) is 0 Å². The lowest BCUT2D eigenvalue weighted by Crippen LogP contribution is -2.12. The van der Waals surface area contributed by atoms with Gasteiger partial charge in [0.05, 0.1) is 0 Å². The van der Waals surface area contributed by atoms with Crippen molar-refractivity contribution in [1.82, 2.24) is 0 Å². The maximum absolute atomic E-state index is 2.52. The van der Waals surface area contributed by atoms with E-state index in [1.807, 2.05) is 0 Å². The van der Waals surface area contributed by atoms with Crippen LogP contribution in [0.5, 0.6) is 0 Å². The number of hydrogen-bond acceptors (Lipinski definition) is 0. The third-order valence-electron chi connectivity index (χ3n) is 3.34. The fourth-order valence-corrected chi connectivity index (χ4v) is 1.86. The van der Waals surface area contributed by atoms with Crippen LogP contribution in [0.15, 0.2) is 0 Å². The molecule has 2 atom stereocenters. The maximum Gasteiger partial charge on any atom is 0.110 e. The molecule has 2 unspecified atom stereocenters. The van der Waals surface area contributed by atoms with Gasteiger partial charge in [-0.25, -0.2) is 0 Å². The van der Waals surface area contributed by atoms with E-state index in [2.05, 4.69) is 41.9 Å². The normalized spacial score (nSPS) is 15.6. The summed E-state index contributed by atoms with van der Waals surface area (Å²) in [6, 6.07) is 0. The molecule has 0 saturated heterocycles. The molecular formula is C13H28B. The van der Waals surface area contributed by atoms with Crippen molar-refractivity contribution in [2.45, 2.75) is 66.5 Å². The standard InChI is InChI=1S/C13H28B/c1-6-8-13(11(3)4)10-14-9-12(5)7-2/h11-13H,6-10H2,1-5H3. The molecule has 0 aliphatic carbocycles. The summed E-state index contributed by atoms with van der Waals surface area (Å²) in [5.74, 6) is 2.65. The van der Waals surface area contributed by atoms with Gasteiger partial charge in [-0.2, -0.15) is 0 Å². The van der Waals surface area contributed by atoms with Crippen LogP contribution in [0.25, 0.3) is 0 Å². The average Bonchev–Trinajstić information content (AvgIpc) is 2.16. The Hall–Kier alpha value is 0.0649. The summed E-state index contributed by atoms with van der Waals surface area (Å²) in [6.07, 6.45) is 6.69. The van der Waals surface area contributed by atoms with Gasteiger partial charge in [0.25, 0.3) is 0 Å². The van der Waals surface area contributed by atoms with E-state index in [-0.39, 0.29) is 0 Å². The monoisotopic (exact) mass is 195 g/mol. The highest BCUT2D eigenvalue weighted by Gasteiger charge is 2.12. The molecule has 0 bridgehead atoms. The summed E-state index contributed by atoms with van der Waals surface area (Å²) in [5, 5.41) is 0. The van der Waals surface area contributed by atoms with Crippen LogP contribution in [-0.2, 0) is 0 Å². The summed E-state index contributed by atoms with van der Waals surface area (Å²) in [7, 11) is 2.52. The molecule has 83 valence electrons. The average molecular weight is 195 g/mol. The van der Waals surface area contributed by atoms with Gasteiger partial charge in [-0.15, -0.1) is 0 Å². The fraction of sp³-hybridized carbons (Fsp3) is 1.00. The molecule has 0 fully saturated rings. The predicted octanol–water partition coefficient (Wildman–Crippen LogP) is 4.65. The second-order valence-corrected chi connectivity index (χ2v) is 5.07. The molecule has 0 amide bonds. The van der Waals surface area contributed by atoms with E-state index in [4.69, 9.17) is 0 Å². The smallest absolute Gasteiger partial charge is 0.0778 e. The van der Waals surface area contributed by atoms with E-state index in [0.717, 1.165) is 17.8 Å². The van der Waals surface area contributed by atoms with Crippen LogP contribution in [0.1, 0.15) is 53.9 Å². The maximum atomic E-state index is 2.52. The summed E-state index contributed by atoms with van der Waals surface area (Å²) < 4.78 is 0.